The van der Waals surface area contributed by atoms with Crippen molar-refractivity contribution in [1.29, 1.82) is 0 Å². The number of aryl methyl sites for hydroxylation is 1. The Kier molecular flexibility index (Phi) is 6.12. The number of amides is 1. The van der Waals surface area contributed by atoms with Crippen LogP contribution in [0.1, 0.15) is 24.0 Å². The van der Waals surface area contributed by atoms with Gasteiger partial charge >= 0.3 is 6.18 Å². The van der Waals surface area contributed by atoms with Crippen molar-refractivity contribution in [3.05, 3.63) is 71.8 Å². The monoisotopic (exact) mass is 440 g/mol. The van der Waals surface area contributed by atoms with E-state index in [0.29, 0.717) is 18.8 Å². The molecule has 0 radical (unpaired) electrons. The number of benzene rings is 2. The number of carbonyl (C=O) groups is 1. The lowest BCUT2D eigenvalue weighted by atomic mass is 9.97. The third kappa shape index (κ3) is 4.90. The number of halogens is 3. The summed E-state index contributed by atoms with van der Waals surface area (Å²) in [6, 6.07) is 16.4. The SMILES string of the molecule is Cc1ccccc1-c1ccc(N2CCCC(C(=O)Nc3cccc(C(F)(F)F)c3)C2)nn1. The molecule has 0 aliphatic carbocycles. The van der Waals surface area contributed by atoms with E-state index in [9.17, 15) is 18.0 Å². The summed E-state index contributed by atoms with van der Waals surface area (Å²) in [7, 11) is 0. The summed E-state index contributed by atoms with van der Waals surface area (Å²) in [5, 5.41) is 11.3. The molecule has 1 N–H and O–H groups in total. The molecule has 4 rings (SSSR count). The number of nitrogens with one attached hydrogen (secondary N) is 1. The fraction of sp³-hybridized carbons (Fsp3) is 0.292. The molecule has 1 saturated heterocycles. The second-order valence-electron chi connectivity index (χ2n) is 7.94. The number of hydrogen-bond acceptors (Lipinski definition) is 4. The highest BCUT2D eigenvalue weighted by molar-refractivity contribution is 5.93. The van der Waals surface area contributed by atoms with Gasteiger partial charge in [0.05, 0.1) is 17.2 Å². The van der Waals surface area contributed by atoms with E-state index in [4.69, 9.17) is 0 Å². The van der Waals surface area contributed by atoms with Crippen molar-refractivity contribution in [1.82, 2.24) is 10.2 Å². The van der Waals surface area contributed by atoms with E-state index >= 15 is 0 Å². The number of alkyl halides is 3. The zero-order chi connectivity index (χ0) is 22.7. The zero-order valence-electron chi connectivity index (χ0n) is 17.6. The Morgan fingerprint density at radius 3 is 2.59 bits per heavy atom. The van der Waals surface area contributed by atoms with Gasteiger partial charge in [-0.3, -0.25) is 4.79 Å². The van der Waals surface area contributed by atoms with E-state index < -0.39 is 11.7 Å². The molecule has 1 aliphatic heterocycles. The van der Waals surface area contributed by atoms with Crippen LogP contribution in [0.15, 0.2) is 60.7 Å². The Bertz CT molecular complexity index is 1100. The Balaban J connectivity index is 1.43. The Labute approximate surface area is 184 Å². The molecule has 0 spiro atoms. The van der Waals surface area contributed by atoms with E-state index in [2.05, 4.69) is 15.5 Å². The van der Waals surface area contributed by atoms with Gasteiger partial charge in [0, 0.05) is 24.3 Å². The molecular formula is C24H23F3N4O. The smallest absolute Gasteiger partial charge is 0.354 e. The quantitative estimate of drug-likeness (QED) is 0.596. The molecule has 1 atom stereocenters. The molecule has 166 valence electrons. The molecule has 1 unspecified atom stereocenters. The number of rotatable bonds is 4. The fourth-order valence-corrected chi connectivity index (χ4v) is 3.91. The van der Waals surface area contributed by atoms with Gasteiger partial charge in [-0.2, -0.15) is 13.2 Å². The first kappa shape index (κ1) is 21.8. The highest BCUT2D eigenvalue weighted by Crippen LogP contribution is 2.31. The van der Waals surface area contributed by atoms with Crippen LogP contribution in [-0.4, -0.2) is 29.2 Å². The molecule has 1 aliphatic rings. The van der Waals surface area contributed by atoms with Crippen LogP contribution >= 0.6 is 0 Å². The van der Waals surface area contributed by atoms with Crippen molar-refractivity contribution in [2.45, 2.75) is 25.9 Å². The average molecular weight is 440 g/mol. The van der Waals surface area contributed by atoms with Gasteiger partial charge in [-0.05, 0) is 55.7 Å². The summed E-state index contributed by atoms with van der Waals surface area (Å²) < 4.78 is 38.8. The van der Waals surface area contributed by atoms with Gasteiger partial charge in [0.1, 0.15) is 0 Å². The highest BCUT2D eigenvalue weighted by Gasteiger charge is 2.31. The number of piperidine rings is 1. The van der Waals surface area contributed by atoms with Gasteiger partial charge < -0.3 is 10.2 Å². The van der Waals surface area contributed by atoms with Crippen molar-refractivity contribution in [3.8, 4) is 11.3 Å². The lowest BCUT2D eigenvalue weighted by molar-refractivity contribution is -0.137. The molecule has 1 aromatic heterocycles. The predicted octanol–water partition coefficient (Wildman–Crippen LogP) is 5.33. The number of aromatic nitrogens is 2. The Hall–Kier alpha value is -3.42. The Morgan fingerprint density at radius 2 is 1.88 bits per heavy atom. The maximum Gasteiger partial charge on any atom is 0.416 e. The van der Waals surface area contributed by atoms with Gasteiger partial charge in [0.25, 0.3) is 0 Å². The molecule has 2 heterocycles. The first-order valence-corrected chi connectivity index (χ1v) is 10.4. The van der Waals surface area contributed by atoms with Crippen molar-refractivity contribution in [3.63, 3.8) is 0 Å². The molecule has 1 amide bonds. The third-order valence-corrected chi connectivity index (χ3v) is 5.65. The van der Waals surface area contributed by atoms with Crippen molar-refractivity contribution in [2.75, 3.05) is 23.3 Å². The summed E-state index contributed by atoms with van der Waals surface area (Å²) >= 11 is 0. The maximum atomic E-state index is 12.9. The van der Waals surface area contributed by atoms with E-state index in [0.717, 1.165) is 41.9 Å². The van der Waals surface area contributed by atoms with Crippen molar-refractivity contribution < 1.29 is 18.0 Å². The minimum atomic E-state index is -4.45. The fourth-order valence-electron chi connectivity index (χ4n) is 3.91. The summed E-state index contributed by atoms with van der Waals surface area (Å²) in [5.74, 6) is 0.0357. The molecule has 1 fully saturated rings. The average Bonchev–Trinajstić information content (AvgIpc) is 2.79. The first-order chi connectivity index (χ1) is 15.3. The van der Waals surface area contributed by atoms with E-state index in [1.165, 1.54) is 12.1 Å². The van der Waals surface area contributed by atoms with Crippen molar-refractivity contribution in [2.24, 2.45) is 5.92 Å². The summed E-state index contributed by atoms with van der Waals surface area (Å²) in [4.78, 5) is 14.7. The van der Waals surface area contributed by atoms with Gasteiger partial charge in [-0.1, -0.05) is 30.3 Å². The number of carbonyl (C=O) groups excluding carboxylic acids is 1. The van der Waals surface area contributed by atoms with Crippen LogP contribution in [0.3, 0.4) is 0 Å². The molecule has 0 saturated carbocycles. The molecule has 2 aromatic carbocycles. The minimum Gasteiger partial charge on any atom is -0.354 e. The topological polar surface area (TPSA) is 58.1 Å². The summed E-state index contributed by atoms with van der Waals surface area (Å²) in [6.07, 6.45) is -3.01. The van der Waals surface area contributed by atoms with Crippen LogP contribution < -0.4 is 10.2 Å². The Morgan fingerprint density at radius 1 is 1.06 bits per heavy atom. The molecule has 32 heavy (non-hydrogen) atoms. The maximum absolute atomic E-state index is 12.9. The van der Waals surface area contributed by atoms with E-state index in [1.54, 1.807) is 0 Å². The van der Waals surface area contributed by atoms with Gasteiger partial charge in [0.2, 0.25) is 5.91 Å². The van der Waals surface area contributed by atoms with Crippen molar-refractivity contribution >= 4 is 17.4 Å². The molecule has 8 heteroatoms. The van der Waals surface area contributed by atoms with Gasteiger partial charge in [-0.25, -0.2) is 0 Å². The van der Waals surface area contributed by atoms with Gasteiger partial charge in [-0.15, -0.1) is 10.2 Å². The largest absolute Gasteiger partial charge is 0.416 e. The normalized spacial score (nSPS) is 16.6. The van der Waals surface area contributed by atoms with Crippen LogP contribution in [-0.2, 0) is 11.0 Å². The van der Waals surface area contributed by atoms with Crippen LogP contribution in [0.4, 0.5) is 24.7 Å². The lowest BCUT2D eigenvalue weighted by Gasteiger charge is -2.32. The van der Waals surface area contributed by atoms with Crippen LogP contribution in [0, 0.1) is 12.8 Å². The predicted molar refractivity (Wildman–Crippen MR) is 117 cm³/mol. The molecule has 5 nitrogen and oxygen atoms in total. The van der Waals surface area contributed by atoms with Gasteiger partial charge in [0.15, 0.2) is 5.82 Å². The lowest BCUT2D eigenvalue weighted by Crippen LogP contribution is -2.41. The zero-order valence-corrected chi connectivity index (χ0v) is 17.6. The first-order valence-electron chi connectivity index (χ1n) is 10.4. The molecule has 3 aromatic rings. The van der Waals surface area contributed by atoms with E-state index in [1.807, 2.05) is 48.2 Å². The number of anilines is 2. The van der Waals surface area contributed by atoms with Crippen LogP contribution in [0.2, 0.25) is 0 Å². The second-order valence-corrected chi connectivity index (χ2v) is 7.94. The third-order valence-electron chi connectivity index (χ3n) is 5.65. The van der Waals surface area contributed by atoms with Crippen LogP contribution in [0.5, 0.6) is 0 Å². The van der Waals surface area contributed by atoms with Crippen LogP contribution in [0.25, 0.3) is 11.3 Å². The highest BCUT2D eigenvalue weighted by atomic mass is 19.4. The molecule has 0 bridgehead atoms. The summed E-state index contributed by atoms with van der Waals surface area (Å²) in [5.41, 5.74) is 2.26. The molecular weight excluding hydrogens is 417 g/mol. The minimum absolute atomic E-state index is 0.143. The summed E-state index contributed by atoms with van der Waals surface area (Å²) in [6.45, 7) is 3.19. The second kappa shape index (κ2) is 8.98. The number of nitrogens with zero attached hydrogens (tertiary/aromatic N) is 3. The standard InChI is InChI=1S/C24H23F3N4O/c1-16-6-2-3-10-20(16)21-11-12-22(30-29-21)31-13-5-7-17(15-31)23(32)28-19-9-4-8-18(14-19)24(25,26)27/h2-4,6,8-12,14,17H,5,7,13,15H2,1H3,(H,28,32). The number of hydrogen-bond donors (Lipinski definition) is 1. The van der Waals surface area contributed by atoms with E-state index in [-0.39, 0.29) is 17.5 Å².